The van der Waals surface area contributed by atoms with E-state index in [1.54, 1.807) is 4.90 Å². The van der Waals surface area contributed by atoms with Crippen molar-refractivity contribution >= 4 is 11.6 Å². The second-order valence-electron chi connectivity index (χ2n) is 5.00. The fraction of sp³-hybridized carbons (Fsp3) is 0.533. The topological polar surface area (TPSA) is 32.3 Å². The average molecular weight is 248 g/mol. The van der Waals surface area contributed by atoms with Crippen LogP contribution in [0.5, 0.6) is 0 Å². The molecule has 0 spiro atoms. The molecule has 0 aliphatic carbocycles. The fourth-order valence-corrected chi connectivity index (χ4v) is 1.71. The van der Waals surface area contributed by atoms with Crippen molar-refractivity contribution in [2.45, 2.75) is 39.7 Å². The van der Waals surface area contributed by atoms with Gasteiger partial charge in [0.1, 0.15) is 0 Å². The summed E-state index contributed by atoms with van der Waals surface area (Å²) in [6.45, 7) is 7.16. The number of hydrogen-bond donors (Lipinski definition) is 1. The molecule has 1 N–H and O–H groups in total. The highest BCUT2D eigenvalue weighted by atomic mass is 16.2. The molecule has 0 radical (unpaired) electrons. The van der Waals surface area contributed by atoms with E-state index in [-0.39, 0.29) is 5.91 Å². The van der Waals surface area contributed by atoms with Crippen LogP contribution in [0.3, 0.4) is 0 Å². The van der Waals surface area contributed by atoms with Crippen LogP contribution >= 0.6 is 0 Å². The third-order valence-electron chi connectivity index (χ3n) is 2.92. The maximum atomic E-state index is 12.0. The third-order valence-corrected chi connectivity index (χ3v) is 2.92. The summed E-state index contributed by atoms with van der Waals surface area (Å²) in [7, 11) is 1.84. The lowest BCUT2D eigenvalue weighted by molar-refractivity contribution is -0.118. The number of nitrogens with zero attached hydrogens (tertiary/aromatic N) is 1. The van der Waals surface area contributed by atoms with Crippen LogP contribution in [0.4, 0.5) is 5.69 Å². The largest absolute Gasteiger partial charge is 0.316 e. The van der Waals surface area contributed by atoms with Crippen molar-refractivity contribution in [3.05, 3.63) is 29.8 Å². The maximum Gasteiger partial charge on any atom is 0.226 e. The van der Waals surface area contributed by atoms with E-state index in [9.17, 15) is 4.79 Å². The van der Waals surface area contributed by atoms with Crippen LogP contribution in [0.2, 0.25) is 0 Å². The van der Waals surface area contributed by atoms with Crippen molar-refractivity contribution in [3.63, 3.8) is 0 Å². The molecule has 0 aliphatic heterocycles. The number of hydrogen-bond acceptors (Lipinski definition) is 2. The Kier molecular flexibility index (Phi) is 5.86. The predicted octanol–water partition coefficient (Wildman–Crippen LogP) is 2.74. The quantitative estimate of drug-likeness (QED) is 0.785. The van der Waals surface area contributed by atoms with E-state index >= 15 is 0 Å². The molecule has 0 bridgehead atoms. The van der Waals surface area contributed by atoms with Gasteiger partial charge in [-0.25, -0.2) is 0 Å². The number of carbonyl (C=O) groups is 1. The van der Waals surface area contributed by atoms with Gasteiger partial charge in [-0.2, -0.15) is 0 Å². The molecule has 0 unspecified atom stereocenters. The summed E-state index contributed by atoms with van der Waals surface area (Å²) in [6.07, 6.45) is 1.47. The summed E-state index contributed by atoms with van der Waals surface area (Å²) < 4.78 is 0. The number of amides is 1. The minimum Gasteiger partial charge on any atom is -0.316 e. The second-order valence-corrected chi connectivity index (χ2v) is 5.00. The van der Waals surface area contributed by atoms with Crippen molar-refractivity contribution in [1.29, 1.82) is 0 Å². The van der Waals surface area contributed by atoms with Gasteiger partial charge < -0.3 is 10.2 Å². The van der Waals surface area contributed by atoms with E-state index in [0.717, 1.165) is 18.7 Å². The van der Waals surface area contributed by atoms with E-state index in [2.05, 4.69) is 19.2 Å². The number of anilines is 1. The molecule has 0 aliphatic rings. The molecule has 1 aromatic rings. The van der Waals surface area contributed by atoms with Crippen LogP contribution in [0.1, 0.15) is 32.3 Å². The minimum absolute atomic E-state index is 0.171. The van der Waals surface area contributed by atoms with Crippen LogP contribution in [0.25, 0.3) is 0 Å². The lowest BCUT2D eigenvalue weighted by Crippen LogP contribution is -2.28. The highest BCUT2D eigenvalue weighted by Crippen LogP contribution is 2.14. The lowest BCUT2D eigenvalue weighted by atomic mass is 10.2. The maximum absolute atomic E-state index is 12.0. The number of nitrogens with one attached hydrogen (secondary N) is 1. The van der Waals surface area contributed by atoms with Crippen molar-refractivity contribution in [2.24, 2.45) is 0 Å². The smallest absolute Gasteiger partial charge is 0.226 e. The van der Waals surface area contributed by atoms with Crippen LogP contribution < -0.4 is 10.2 Å². The molecule has 1 aromatic carbocycles. The molecule has 3 nitrogen and oxygen atoms in total. The van der Waals surface area contributed by atoms with Gasteiger partial charge in [-0.1, -0.05) is 31.5 Å². The Morgan fingerprint density at radius 3 is 2.44 bits per heavy atom. The molecule has 0 aromatic heterocycles. The van der Waals surface area contributed by atoms with Gasteiger partial charge in [0, 0.05) is 25.2 Å². The van der Waals surface area contributed by atoms with Crippen molar-refractivity contribution in [3.8, 4) is 0 Å². The monoisotopic (exact) mass is 248 g/mol. The summed E-state index contributed by atoms with van der Waals surface area (Å²) in [4.78, 5) is 13.7. The molecule has 0 heterocycles. The van der Waals surface area contributed by atoms with Gasteiger partial charge in [0.05, 0.1) is 0 Å². The van der Waals surface area contributed by atoms with Crippen LogP contribution in [-0.4, -0.2) is 25.5 Å². The Balaban J connectivity index is 2.39. The number of aryl methyl sites for hydroxylation is 1. The van der Waals surface area contributed by atoms with Gasteiger partial charge in [0.25, 0.3) is 0 Å². The van der Waals surface area contributed by atoms with Gasteiger partial charge in [0.2, 0.25) is 5.91 Å². The van der Waals surface area contributed by atoms with Crippen LogP contribution in [0.15, 0.2) is 24.3 Å². The van der Waals surface area contributed by atoms with Gasteiger partial charge in [-0.05, 0) is 32.0 Å². The molecule has 100 valence electrons. The van der Waals surface area contributed by atoms with E-state index in [0.29, 0.717) is 12.5 Å². The van der Waals surface area contributed by atoms with E-state index < -0.39 is 0 Å². The summed E-state index contributed by atoms with van der Waals surface area (Å²) in [6, 6.07) is 8.51. The Bertz CT molecular complexity index is 371. The first-order chi connectivity index (χ1) is 8.50. The molecular weight excluding hydrogens is 224 g/mol. The summed E-state index contributed by atoms with van der Waals surface area (Å²) in [5.41, 5.74) is 2.17. The van der Waals surface area contributed by atoms with E-state index in [1.807, 2.05) is 38.2 Å². The molecule has 0 fully saturated rings. The Morgan fingerprint density at radius 2 is 1.89 bits per heavy atom. The molecular formula is C15H24N2O. The summed E-state index contributed by atoms with van der Waals surface area (Å²) in [5, 5.41) is 3.32. The van der Waals surface area contributed by atoms with Gasteiger partial charge in [-0.3, -0.25) is 4.79 Å². The number of benzene rings is 1. The Labute approximate surface area is 110 Å². The van der Waals surface area contributed by atoms with Crippen LogP contribution in [-0.2, 0) is 4.79 Å². The highest BCUT2D eigenvalue weighted by molar-refractivity contribution is 5.92. The second kappa shape index (κ2) is 7.17. The average Bonchev–Trinajstić information content (AvgIpc) is 2.34. The van der Waals surface area contributed by atoms with Crippen molar-refractivity contribution in [1.82, 2.24) is 5.32 Å². The normalized spacial score (nSPS) is 10.7. The predicted molar refractivity (Wildman–Crippen MR) is 77.0 cm³/mol. The molecule has 3 heteroatoms. The first kappa shape index (κ1) is 14.7. The molecule has 0 saturated heterocycles. The third kappa shape index (κ3) is 4.88. The molecule has 18 heavy (non-hydrogen) atoms. The van der Waals surface area contributed by atoms with Crippen LogP contribution in [0, 0.1) is 6.92 Å². The fourth-order valence-electron chi connectivity index (χ4n) is 1.71. The molecule has 1 rings (SSSR count). The lowest BCUT2D eigenvalue weighted by Gasteiger charge is -2.17. The SMILES string of the molecule is Cc1ccc(N(C)C(=O)CCCNC(C)C)cc1. The summed E-state index contributed by atoms with van der Waals surface area (Å²) >= 11 is 0. The van der Waals surface area contributed by atoms with E-state index in [4.69, 9.17) is 0 Å². The molecule has 0 saturated carbocycles. The first-order valence-corrected chi connectivity index (χ1v) is 6.57. The number of carbonyl (C=O) groups excluding carboxylic acids is 1. The Hall–Kier alpha value is -1.35. The zero-order chi connectivity index (χ0) is 13.5. The van der Waals surface area contributed by atoms with Crippen molar-refractivity contribution < 1.29 is 4.79 Å². The van der Waals surface area contributed by atoms with E-state index in [1.165, 1.54) is 5.56 Å². The van der Waals surface area contributed by atoms with Gasteiger partial charge in [0.15, 0.2) is 0 Å². The zero-order valence-electron chi connectivity index (χ0n) is 11.9. The number of rotatable bonds is 6. The highest BCUT2D eigenvalue weighted by Gasteiger charge is 2.09. The van der Waals surface area contributed by atoms with Gasteiger partial charge >= 0.3 is 0 Å². The molecule has 1 amide bonds. The Morgan fingerprint density at radius 1 is 1.28 bits per heavy atom. The zero-order valence-corrected chi connectivity index (χ0v) is 11.9. The van der Waals surface area contributed by atoms with Gasteiger partial charge in [-0.15, -0.1) is 0 Å². The summed E-state index contributed by atoms with van der Waals surface area (Å²) in [5.74, 6) is 0.171. The molecule has 0 atom stereocenters. The minimum atomic E-state index is 0.171. The first-order valence-electron chi connectivity index (χ1n) is 6.57. The van der Waals surface area contributed by atoms with Crippen molar-refractivity contribution in [2.75, 3.05) is 18.5 Å². The standard InChI is InChI=1S/C15H24N2O/c1-12(2)16-11-5-6-15(18)17(4)14-9-7-13(3)8-10-14/h7-10,12,16H,5-6,11H2,1-4H3.